The number of primary amides is 1. The summed E-state index contributed by atoms with van der Waals surface area (Å²) in [4.78, 5) is 20.0. The molecule has 1 aromatic heterocycles. The molecule has 1 aliphatic heterocycles. The standard InChI is InChI=1S/C12H14N4O/c1-2-9-4-3-5-15-10(9)12(11(13)17)8-14-6-7-16-12/h3-8,16H,2H2,1H3,(H2,13,17). The van der Waals surface area contributed by atoms with Crippen LogP contribution in [0.15, 0.2) is 35.7 Å². The van der Waals surface area contributed by atoms with E-state index in [1.165, 1.54) is 6.21 Å². The SMILES string of the molecule is CCc1cccnc1C1(C(N)=O)C=NC=CN1. The first-order valence-electron chi connectivity index (χ1n) is 5.42. The Kier molecular flexibility index (Phi) is 2.91. The molecule has 0 fully saturated rings. The van der Waals surface area contributed by atoms with E-state index in [0.29, 0.717) is 5.69 Å². The number of nitrogens with one attached hydrogen (secondary N) is 1. The van der Waals surface area contributed by atoms with Crippen molar-refractivity contribution in [1.82, 2.24) is 10.3 Å². The molecule has 1 aliphatic rings. The zero-order valence-electron chi connectivity index (χ0n) is 9.55. The average Bonchev–Trinajstić information content (AvgIpc) is 2.39. The molecule has 0 aromatic carbocycles. The Morgan fingerprint density at radius 1 is 1.59 bits per heavy atom. The minimum Gasteiger partial charge on any atom is -0.367 e. The van der Waals surface area contributed by atoms with E-state index >= 15 is 0 Å². The summed E-state index contributed by atoms with van der Waals surface area (Å²) in [5.41, 5.74) is 5.94. The van der Waals surface area contributed by atoms with Crippen LogP contribution in [0.4, 0.5) is 0 Å². The minimum absolute atomic E-state index is 0.515. The Labute approximate surface area is 99.5 Å². The largest absolute Gasteiger partial charge is 0.367 e. The molecule has 88 valence electrons. The second-order valence-electron chi connectivity index (χ2n) is 3.78. The molecule has 2 rings (SSSR count). The third-order valence-corrected chi connectivity index (χ3v) is 2.77. The van der Waals surface area contributed by atoms with Crippen LogP contribution in [0.1, 0.15) is 18.2 Å². The maximum absolute atomic E-state index is 11.7. The summed E-state index contributed by atoms with van der Waals surface area (Å²) >= 11 is 0. The molecule has 0 saturated carbocycles. The topological polar surface area (TPSA) is 80.4 Å². The number of pyridine rings is 1. The van der Waals surface area contributed by atoms with Crippen molar-refractivity contribution in [3.05, 3.63) is 42.0 Å². The first kappa shape index (κ1) is 11.3. The Hall–Kier alpha value is -2.17. The molecule has 1 unspecified atom stereocenters. The van der Waals surface area contributed by atoms with E-state index in [2.05, 4.69) is 15.3 Å². The van der Waals surface area contributed by atoms with Gasteiger partial charge in [-0.15, -0.1) is 0 Å². The van der Waals surface area contributed by atoms with Crippen LogP contribution in [0.5, 0.6) is 0 Å². The summed E-state index contributed by atoms with van der Waals surface area (Å²) in [7, 11) is 0. The fraction of sp³-hybridized carbons (Fsp3) is 0.250. The summed E-state index contributed by atoms with van der Waals surface area (Å²) in [5.74, 6) is -0.515. The van der Waals surface area contributed by atoms with Crippen molar-refractivity contribution in [2.24, 2.45) is 10.7 Å². The minimum atomic E-state index is -1.14. The molecule has 0 radical (unpaired) electrons. The van der Waals surface area contributed by atoms with Gasteiger partial charge in [-0.1, -0.05) is 13.0 Å². The number of hydrogen-bond acceptors (Lipinski definition) is 4. The molecular weight excluding hydrogens is 216 g/mol. The lowest BCUT2D eigenvalue weighted by molar-refractivity contribution is -0.121. The number of hydrogen-bond donors (Lipinski definition) is 2. The highest BCUT2D eigenvalue weighted by Crippen LogP contribution is 2.23. The molecule has 1 amide bonds. The average molecular weight is 230 g/mol. The number of rotatable bonds is 3. The quantitative estimate of drug-likeness (QED) is 0.792. The van der Waals surface area contributed by atoms with E-state index in [-0.39, 0.29) is 0 Å². The van der Waals surface area contributed by atoms with Crippen molar-refractivity contribution in [3.63, 3.8) is 0 Å². The molecule has 0 spiro atoms. The lowest BCUT2D eigenvalue weighted by Gasteiger charge is -2.29. The molecule has 5 nitrogen and oxygen atoms in total. The highest BCUT2D eigenvalue weighted by atomic mass is 16.1. The van der Waals surface area contributed by atoms with Crippen LogP contribution in [0.2, 0.25) is 0 Å². The van der Waals surface area contributed by atoms with E-state index in [4.69, 9.17) is 5.73 Å². The van der Waals surface area contributed by atoms with Gasteiger partial charge in [0.15, 0.2) is 5.54 Å². The van der Waals surface area contributed by atoms with Crippen molar-refractivity contribution >= 4 is 12.1 Å². The molecule has 1 aromatic rings. The van der Waals surface area contributed by atoms with Crippen LogP contribution in [0.3, 0.4) is 0 Å². The molecule has 1 atom stereocenters. The van der Waals surface area contributed by atoms with Gasteiger partial charge in [-0.3, -0.25) is 14.8 Å². The Morgan fingerprint density at radius 2 is 2.41 bits per heavy atom. The number of aromatic nitrogens is 1. The molecule has 2 heterocycles. The number of aliphatic imine (C=N–C) groups is 1. The summed E-state index contributed by atoms with van der Waals surface area (Å²) in [5, 5.41) is 2.96. The lowest BCUT2D eigenvalue weighted by Crippen LogP contribution is -2.54. The smallest absolute Gasteiger partial charge is 0.255 e. The van der Waals surface area contributed by atoms with E-state index in [1.807, 2.05) is 19.1 Å². The third kappa shape index (κ3) is 1.80. The molecule has 3 N–H and O–H groups in total. The lowest BCUT2D eigenvalue weighted by atomic mass is 9.90. The van der Waals surface area contributed by atoms with Gasteiger partial charge in [-0.2, -0.15) is 0 Å². The van der Waals surface area contributed by atoms with Crippen LogP contribution >= 0.6 is 0 Å². The van der Waals surface area contributed by atoms with Gasteiger partial charge in [0.1, 0.15) is 0 Å². The first-order chi connectivity index (χ1) is 8.20. The summed E-state index contributed by atoms with van der Waals surface area (Å²) in [6.45, 7) is 2.00. The van der Waals surface area contributed by atoms with Gasteiger partial charge in [-0.05, 0) is 18.1 Å². The third-order valence-electron chi connectivity index (χ3n) is 2.77. The molecule has 5 heteroatoms. The summed E-state index contributed by atoms with van der Waals surface area (Å²) < 4.78 is 0. The van der Waals surface area contributed by atoms with Crippen LogP contribution < -0.4 is 11.1 Å². The normalized spacial score (nSPS) is 22.2. The molecule has 0 aliphatic carbocycles. The fourth-order valence-corrected chi connectivity index (χ4v) is 1.86. The zero-order valence-corrected chi connectivity index (χ0v) is 9.55. The summed E-state index contributed by atoms with van der Waals surface area (Å²) in [6, 6.07) is 3.77. The predicted molar refractivity (Wildman–Crippen MR) is 65.3 cm³/mol. The number of nitrogens with two attached hydrogens (primary N) is 1. The maximum Gasteiger partial charge on any atom is 0.255 e. The number of amides is 1. The van der Waals surface area contributed by atoms with E-state index < -0.39 is 11.4 Å². The van der Waals surface area contributed by atoms with E-state index in [0.717, 1.165) is 12.0 Å². The maximum atomic E-state index is 11.7. The van der Waals surface area contributed by atoms with Gasteiger partial charge < -0.3 is 11.1 Å². The molecule has 17 heavy (non-hydrogen) atoms. The van der Waals surface area contributed by atoms with E-state index in [9.17, 15) is 4.79 Å². The molecule has 0 bridgehead atoms. The van der Waals surface area contributed by atoms with Gasteiger partial charge >= 0.3 is 0 Å². The highest BCUT2D eigenvalue weighted by molar-refractivity contribution is 6.03. The Morgan fingerprint density at radius 3 is 3.00 bits per heavy atom. The fourth-order valence-electron chi connectivity index (χ4n) is 1.86. The number of carbonyl (C=O) groups excluding carboxylic acids is 1. The van der Waals surface area contributed by atoms with E-state index in [1.54, 1.807) is 18.6 Å². The number of carbonyl (C=O) groups is 1. The van der Waals surface area contributed by atoms with Crippen molar-refractivity contribution in [2.45, 2.75) is 18.9 Å². The second kappa shape index (κ2) is 4.37. The van der Waals surface area contributed by atoms with Gasteiger partial charge in [0.2, 0.25) is 0 Å². The molecule has 0 saturated heterocycles. The van der Waals surface area contributed by atoms with Gasteiger partial charge in [0.05, 0.1) is 5.69 Å². The van der Waals surface area contributed by atoms with Crippen LogP contribution in [-0.4, -0.2) is 17.1 Å². The van der Waals surface area contributed by atoms with Crippen LogP contribution in [0.25, 0.3) is 0 Å². The van der Waals surface area contributed by atoms with Crippen molar-refractivity contribution < 1.29 is 4.79 Å². The highest BCUT2D eigenvalue weighted by Gasteiger charge is 2.40. The zero-order chi connectivity index (χ0) is 12.3. The predicted octanol–water partition coefficient (Wildman–Crippen LogP) is 0.470. The molecular formula is C12H14N4O. The number of aryl methyl sites for hydroxylation is 1. The van der Waals surface area contributed by atoms with Crippen LogP contribution in [-0.2, 0) is 16.8 Å². The summed E-state index contributed by atoms with van der Waals surface area (Å²) in [6.07, 6.45) is 7.08. The van der Waals surface area contributed by atoms with Crippen molar-refractivity contribution in [2.75, 3.05) is 0 Å². The second-order valence-corrected chi connectivity index (χ2v) is 3.78. The van der Waals surface area contributed by atoms with Crippen molar-refractivity contribution in [1.29, 1.82) is 0 Å². The first-order valence-corrected chi connectivity index (χ1v) is 5.42. The van der Waals surface area contributed by atoms with Gasteiger partial charge in [0.25, 0.3) is 5.91 Å². The van der Waals surface area contributed by atoms with Gasteiger partial charge in [-0.25, -0.2) is 0 Å². The van der Waals surface area contributed by atoms with Crippen molar-refractivity contribution in [3.8, 4) is 0 Å². The Bertz CT molecular complexity index is 495. The monoisotopic (exact) mass is 230 g/mol. The van der Waals surface area contributed by atoms with Crippen LogP contribution in [0, 0.1) is 0 Å². The number of nitrogens with zero attached hydrogens (tertiary/aromatic N) is 2. The van der Waals surface area contributed by atoms with Gasteiger partial charge in [0, 0.05) is 24.8 Å². The Balaban J connectivity index is 2.58.